The van der Waals surface area contributed by atoms with E-state index in [1.165, 1.54) is 4.90 Å². The minimum Gasteiger partial charge on any atom is -0.340 e. The van der Waals surface area contributed by atoms with Crippen molar-refractivity contribution in [2.75, 3.05) is 13.1 Å². The molecule has 0 spiro atoms. The number of amides is 1. The zero-order valence-corrected chi connectivity index (χ0v) is 21.5. The van der Waals surface area contributed by atoms with Crippen molar-refractivity contribution >= 4 is 21.5 Å². The van der Waals surface area contributed by atoms with E-state index in [9.17, 15) is 53.1 Å². The molecule has 5 nitrogen and oxygen atoms in total. The minimum absolute atomic E-state index is 0.0135. The van der Waals surface area contributed by atoms with Gasteiger partial charge in [0.25, 0.3) is 0 Å². The Balaban J connectivity index is 1.78. The molecule has 1 saturated heterocycles. The van der Waals surface area contributed by atoms with Crippen molar-refractivity contribution in [2.24, 2.45) is 5.92 Å². The third kappa shape index (κ3) is 4.88. The van der Waals surface area contributed by atoms with E-state index < -0.39 is 62.4 Å². The summed E-state index contributed by atoms with van der Waals surface area (Å²) in [5.41, 5.74) is -7.76. The van der Waals surface area contributed by atoms with Gasteiger partial charge in [0.2, 0.25) is 5.91 Å². The Morgan fingerprint density at radius 1 is 0.850 bits per heavy atom. The van der Waals surface area contributed by atoms with Crippen LogP contribution in [0.5, 0.6) is 0 Å². The second-order valence-electron chi connectivity index (χ2n) is 10.0. The third-order valence-corrected chi connectivity index (χ3v) is 10.2. The number of carbonyl (C=O) groups is 2. The van der Waals surface area contributed by atoms with Gasteiger partial charge in [-0.05, 0) is 49.1 Å². The third-order valence-electron chi connectivity index (χ3n) is 7.66. The smallest absolute Gasteiger partial charge is 0.340 e. The van der Waals surface area contributed by atoms with E-state index >= 15 is 0 Å². The Hall–Kier alpha value is -3.03. The predicted molar refractivity (Wildman–Crippen MR) is 125 cm³/mol. The van der Waals surface area contributed by atoms with Crippen LogP contribution in [0.15, 0.2) is 53.4 Å². The van der Waals surface area contributed by atoms with Gasteiger partial charge in [0, 0.05) is 37.4 Å². The van der Waals surface area contributed by atoms with Gasteiger partial charge in [-0.3, -0.25) is 9.59 Å². The first-order valence-corrected chi connectivity index (χ1v) is 13.7. The van der Waals surface area contributed by atoms with Gasteiger partial charge in [-0.25, -0.2) is 17.2 Å². The summed E-state index contributed by atoms with van der Waals surface area (Å²) in [6, 6.07) is 5.46. The molecule has 0 radical (unpaired) electrons. The highest BCUT2D eigenvalue weighted by Gasteiger charge is 2.73. The highest BCUT2D eigenvalue weighted by Crippen LogP contribution is 2.54. The summed E-state index contributed by atoms with van der Waals surface area (Å²) in [5, 5.41) is 0. The summed E-state index contributed by atoms with van der Waals surface area (Å²) >= 11 is 0. The Morgan fingerprint density at radius 2 is 1.38 bits per heavy atom. The Morgan fingerprint density at radius 3 is 1.88 bits per heavy atom. The van der Waals surface area contributed by atoms with Gasteiger partial charge >= 0.3 is 18.0 Å². The number of rotatable bonds is 5. The lowest BCUT2D eigenvalue weighted by atomic mass is 9.87. The molecule has 1 heterocycles. The van der Waals surface area contributed by atoms with Gasteiger partial charge in [0.05, 0.1) is 4.90 Å². The van der Waals surface area contributed by atoms with Crippen LogP contribution in [0.1, 0.15) is 43.2 Å². The molecule has 1 aliphatic carbocycles. The Labute approximate surface area is 224 Å². The molecule has 1 amide bonds. The first kappa shape index (κ1) is 29.9. The summed E-state index contributed by atoms with van der Waals surface area (Å²) in [5.74, 6) is -1.76. The van der Waals surface area contributed by atoms with E-state index in [-0.39, 0.29) is 67.0 Å². The first-order valence-electron chi connectivity index (χ1n) is 12.2. The summed E-state index contributed by atoms with van der Waals surface area (Å²) < 4.78 is 133. The minimum atomic E-state index is -6.36. The molecule has 0 aromatic heterocycles. The molecule has 1 aliphatic heterocycles. The standard InChI is InChI=1S/C26H23F8NO4S/c27-19-7-11-21(12-8-19)40(38,39)23(13-14-35(15-23)22(37)16-1-9-20(36)10-2-16)17-3-5-18(6-4-17)24(28,25(29,30)31)26(32,33)34/h3-8,11-12,16H,1-2,9-10,13-15H2/t23-/m0/s1. The van der Waals surface area contributed by atoms with Gasteiger partial charge in [-0.15, -0.1) is 0 Å². The molecule has 40 heavy (non-hydrogen) atoms. The van der Waals surface area contributed by atoms with E-state index in [0.29, 0.717) is 12.1 Å². The molecule has 0 N–H and O–H groups in total. The predicted octanol–water partition coefficient (Wildman–Crippen LogP) is 5.78. The topological polar surface area (TPSA) is 71.5 Å². The Kier molecular flexibility index (Phi) is 7.57. The second kappa shape index (κ2) is 10.1. The lowest BCUT2D eigenvalue weighted by Gasteiger charge is -2.33. The summed E-state index contributed by atoms with van der Waals surface area (Å²) in [4.78, 5) is 25.6. The SMILES string of the molecule is O=C1CCC(C(=O)N2CC[C@](c3ccc(C(F)(C(F)(F)F)C(F)(F)F)cc3)(S(=O)(=O)c3ccc(F)cc3)C2)CC1. The number of likely N-dealkylation sites (tertiary alicyclic amines) is 1. The summed E-state index contributed by atoms with van der Waals surface area (Å²) in [7, 11) is -4.53. The molecule has 0 bridgehead atoms. The maximum atomic E-state index is 14.6. The van der Waals surface area contributed by atoms with Crippen LogP contribution < -0.4 is 0 Å². The maximum Gasteiger partial charge on any atom is 0.435 e. The number of halogens is 8. The van der Waals surface area contributed by atoms with Crippen molar-refractivity contribution in [3.8, 4) is 0 Å². The van der Waals surface area contributed by atoms with Crippen molar-refractivity contribution in [3.05, 3.63) is 65.5 Å². The molecular formula is C26H23F8NO4S. The molecule has 4 rings (SSSR count). The van der Waals surface area contributed by atoms with E-state index in [2.05, 4.69) is 0 Å². The van der Waals surface area contributed by atoms with E-state index in [4.69, 9.17) is 0 Å². The second-order valence-corrected chi connectivity index (χ2v) is 12.3. The van der Waals surface area contributed by atoms with Crippen molar-refractivity contribution in [2.45, 2.75) is 59.8 Å². The summed E-state index contributed by atoms with van der Waals surface area (Å²) in [6.07, 6.45) is -12.1. The number of ketones is 1. The van der Waals surface area contributed by atoms with Gasteiger partial charge in [0.1, 0.15) is 16.3 Å². The summed E-state index contributed by atoms with van der Waals surface area (Å²) in [6.45, 7) is -0.627. The zero-order valence-electron chi connectivity index (χ0n) is 20.7. The molecule has 1 atom stereocenters. The average Bonchev–Trinajstić information content (AvgIpc) is 3.35. The first-order chi connectivity index (χ1) is 18.4. The van der Waals surface area contributed by atoms with Crippen molar-refractivity contribution in [3.63, 3.8) is 0 Å². The fraction of sp³-hybridized carbons (Fsp3) is 0.462. The van der Waals surface area contributed by atoms with Crippen LogP contribution in [0.2, 0.25) is 0 Å². The molecule has 2 aromatic carbocycles. The van der Waals surface area contributed by atoms with Crippen LogP contribution in [-0.2, 0) is 29.8 Å². The monoisotopic (exact) mass is 597 g/mol. The molecule has 2 aliphatic rings. The lowest BCUT2D eigenvalue weighted by molar-refractivity contribution is -0.348. The van der Waals surface area contributed by atoms with Gasteiger partial charge in [-0.2, -0.15) is 26.3 Å². The number of benzene rings is 2. The molecule has 2 aromatic rings. The fourth-order valence-electron chi connectivity index (χ4n) is 5.36. The van der Waals surface area contributed by atoms with Gasteiger partial charge in [-0.1, -0.05) is 24.3 Å². The van der Waals surface area contributed by atoms with Crippen LogP contribution in [0.25, 0.3) is 0 Å². The molecular weight excluding hydrogens is 574 g/mol. The van der Waals surface area contributed by atoms with E-state index in [0.717, 1.165) is 24.3 Å². The number of nitrogens with zero attached hydrogens (tertiary/aromatic N) is 1. The van der Waals surface area contributed by atoms with Gasteiger partial charge < -0.3 is 4.90 Å². The quantitative estimate of drug-likeness (QED) is 0.324. The number of hydrogen-bond donors (Lipinski definition) is 0. The molecule has 1 saturated carbocycles. The number of hydrogen-bond acceptors (Lipinski definition) is 4. The largest absolute Gasteiger partial charge is 0.435 e. The molecule has 14 heteroatoms. The highest BCUT2D eigenvalue weighted by molar-refractivity contribution is 7.92. The zero-order chi connectivity index (χ0) is 29.7. The van der Waals surface area contributed by atoms with Crippen LogP contribution >= 0.6 is 0 Å². The number of alkyl halides is 7. The Bertz CT molecular complexity index is 1360. The number of carbonyl (C=O) groups excluding carboxylic acids is 2. The fourth-order valence-corrected chi connectivity index (χ4v) is 7.43. The number of sulfone groups is 1. The van der Waals surface area contributed by atoms with Crippen LogP contribution in [-0.4, -0.2) is 50.5 Å². The average molecular weight is 598 g/mol. The lowest BCUT2D eigenvalue weighted by Crippen LogP contribution is -2.50. The van der Waals surface area contributed by atoms with E-state index in [1.54, 1.807) is 0 Å². The molecule has 2 fully saturated rings. The van der Waals surface area contributed by atoms with Crippen LogP contribution in [0.4, 0.5) is 35.1 Å². The van der Waals surface area contributed by atoms with Crippen molar-refractivity contribution < 1.29 is 53.1 Å². The van der Waals surface area contributed by atoms with E-state index in [1.807, 2.05) is 0 Å². The van der Waals surface area contributed by atoms with Crippen LogP contribution in [0.3, 0.4) is 0 Å². The van der Waals surface area contributed by atoms with Crippen LogP contribution in [0, 0.1) is 11.7 Å². The van der Waals surface area contributed by atoms with Crippen molar-refractivity contribution in [1.82, 2.24) is 4.90 Å². The normalized spacial score (nSPS) is 21.6. The number of Topliss-reactive ketones (excluding diaryl/α,β-unsaturated/α-hetero) is 1. The highest BCUT2D eigenvalue weighted by atomic mass is 32.2. The maximum absolute atomic E-state index is 14.6. The molecule has 0 unspecified atom stereocenters. The van der Waals surface area contributed by atoms with Crippen molar-refractivity contribution in [1.29, 1.82) is 0 Å². The van der Waals surface area contributed by atoms with Gasteiger partial charge in [0.15, 0.2) is 9.84 Å². The molecule has 218 valence electrons.